The van der Waals surface area contributed by atoms with Gasteiger partial charge in [-0.2, -0.15) is 0 Å². The molecule has 0 saturated heterocycles. The summed E-state index contributed by atoms with van der Waals surface area (Å²) in [6.45, 7) is 0. The number of hydrogen-bond donors (Lipinski definition) is 2. The van der Waals surface area contributed by atoms with Gasteiger partial charge in [-0.25, -0.2) is 4.39 Å². The number of anilines is 1. The molecule has 0 aliphatic heterocycles. The van der Waals surface area contributed by atoms with Gasteiger partial charge in [0.1, 0.15) is 21.0 Å². The highest BCUT2D eigenvalue weighted by atomic mass is 32.1. The number of hydrogen-bond acceptors (Lipinski definition) is 5. The van der Waals surface area contributed by atoms with Crippen LogP contribution in [0.4, 0.5) is 10.1 Å². The summed E-state index contributed by atoms with van der Waals surface area (Å²) in [5.74, 6) is -0.799. The molecule has 4 rings (SSSR count). The molecule has 24 heavy (non-hydrogen) atoms. The van der Waals surface area contributed by atoms with Crippen LogP contribution in [0.2, 0.25) is 0 Å². The summed E-state index contributed by atoms with van der Waals surface area (Å²) < 4.78 is 15.7. The number of aromatic nitrogens is 2. The fourth-order valence-electron chi connectivity index (χ4n) is 2.39. The van der Waals surface area contributed by atoms with Gasteiger partial charge in [0.2, 0.25) is 0 Å². The van der Waals surface area contributed by atoms with Crippen LogP contribution in [0, 0.1) is 9.77 Å². The predicted molar refractivity (Wildman–Crippen MR) is 96.5 cm³/mol. The van der Waals surface area contributed by atoms with Gasteiger partial charge >= 0.3 is 0 Å². The van der Waals surface area contributed by atoms with Crippen LogP contribution in [0.15, 0.2) is 40.5 Å². The number of H-pyrrole nitrogens is 1. The first-order chi connectivity index (χ1) is 11.5. The van der Waals surface area contributed by atoms with Crippen molar-refractivity contribution in [2.45, 2.75) is 0 Å². The van der Waals surface area contributed by atoms with Crippen LogP contribution in [0.1, 0.15) is 9.67 Å². The van der Waals surface area contributed by atoms with E-state index in [0.717, 1.165) is 11.3 Å². The molecule has 0 radical (unpaired) electrons. The molecule has 0 fully saturated rings. The van der Waals surface area contributed by atoms with E-state index in [9.17, 15) is 14.0 Å². The number of amides is 1. The number of carbonyl (C=O) groups is 1. The van der Waals surface area contributed by atoms with Crippen molar-refractivity contribution in [1.29, 1.82) is 0 Å². The van der Waals surface area contributed by atoms with E-state index >= 15 is 0 Å². The van der Waals surface area contributed by atoms with Crippen LogP contribution >= 0.6 is 34.9 Å². The maximum Gasteiger partial charge on any atom is 0.269 e. The third kappa shape index (κ3) is 2.37. The first-order valence-corrected chi connectivity index (χ1v) is 8.87. The highest BCUT2D eigenvalue weighted by Gasteiger charge is 2.18. The highest BCUT2D eigenvalue weighted by Crippen LogP contribution is 2.25. The number of carbonyl (C=O) groups excluding carboxylic acids is 1. The maximum atomic E-state index is 13.0. The molecule has 5 nitrogen and oxygen atoms in total. The molecule has 0 atom stereocenters. The van der Waals surface area contributed by atoms with E-state index in [2.05, 4.69) is 10.3 Å². The van der Waals surface area contributed by atoms with Gasteiger partial charge in [0, 0.05) is 5.69 Å². The molecule has 1 amide bonds. The Labute approximate surface area is 147 Å². The molecule has 9 heteroatoms. The Morgan fingerprint density at radius 2 is 2.00 bits per heavy atom. The first-order valence-electron chi connectivity index (χ1n) is 6.76. The second-order valence-electron chi connectivity index (χ2n) is 4.93. The lowest BCUT2D eigenvalue weighted by atomic mass is 10.3. The van der Waals surface area contributed by atoms with Crippen molar-refractivity contribution in [3.05, 3.63) is 60.7 Å². The Morgan fingerprint density at radius 3 is 2.75 bits per heavy atom. The summed E-state index contributed by atoms with van der Waals surface area (Å²) >= 11 is 7.77. The molecule has 3 heterocycles. The van der Waals surface area contributed by atoms with E-state index in [1.807, 2.05) is 0 Å². The molecule has 0 saturated carbocycles. The quantitative estimate of drug-likeness (QED) is 0.519. The molecule has 3 aromatic heterocycles. The standard InChI is InChI=1S/C15H8FN3O2S3/c16-7-1-3-8(4-2-7)17-14(21)11-12-18-13(20)10-9(5-6-23-10)19(12)15(22)24-11/h1-6H,(H,17,21)(H,18,20). The summed E-state index contributed by atoms with van der Waals surface area (Å²) in [6, 6.07) is 7.24. The minimum absolute atomic E-state index is 0.261. The Hall–Kier alpha value is -2.36. The third-order valence-electron chi connectivity index (χ3n) is 3.44. The largest absolute Gasteiger partial charge is 0.321 e. The molecule has 0 aliphatic rings. The fourth-order valence-corrected chi connectivity index (χ4v) is 4.44. The van der Waals surface area contributed by atoms with Gasteiger partial charge in [0.25, 0.3) is 11.5 Å². The number of thiophene rings is 1. The number of fused-ring (bicyclic) bond motifs is 3. The van der Waals surface area contributed by atoms with Crippen LogP contribution in [-0.4, -0.2) is 15.3 Å². The lowest BCUT2D eigenvalue weighted by Gasteiger charge is -2.04. The van der Waals surface area contributed by atoms with Gasteiger partial charge in [-0.15, -0.1) is 11.3 Å². The lowest BCUT2D eigenvalue weighted by molar-refractivity contribution is 0.103. The van der Waals surface area contributed by atoms with E-state index in [1.54, 1.807) is 15.8 Å². The minimum Gasteiger partial charge on any atom is -0.321 e. The zero-order valence-corrected chi connectivity index (χ0v) is 14.3. The molecule has 0 unspecified atom stereocenters. The van der Waals surface area contributed by atoms with Crippen molar-refractivity contribution in [1.82, 2.24) is 9.38 Å². The van der Waals surface area contributed by atoms with E-state index in [-0.39, 0.29) is 11.4 Å². The molecule has 2 N–H and O–H groups in total. The van der Waals surface area contributed by atoms with Crippen LogP contribution in [-0.2, 0) is 0 Å². The van der Waals surface area contributed by atoms with Crippen LogP contribution in [0.3, 0.4) is 0 Å². The molecule has 0 spiro atoms. The summed E-state index contributed by atoms with van der Waals surface area (Å²) in [5.41, 5.74) is 1.24. The third-order valence-corrected chi connectivity index (χ3v) is 5.72. The van der Waals surface area contributed by atoms with Crippen molar-refractivity contribution in [2.75, 3.05) is 5.32 Å². The van der Waals surface area contributed by atoms with Gasteiger partial charge in [0.05, 0.1) is 5.52 Å². The average molecular weight is 377 g/mol. The van der Waals surface area contributed by atoms with Gasteiger partial charge in [-0.05, 0) is 47.9 Å². The van der Waals surface area contributed by atoms with Crippen molar-refractivity contribution in [2.24, 2.45) is 0 Å². The number of nitrogens with zero attached hydrogens (tertiary/aromatic N) is 1. The second-order valence-corrected chi connectivity index (χ2v) is 7.49. The minimum atomic E-state index is -0.412. The topological polar surface area (TPSA) is 66.4 Å². The van der Waals surface area contributed by atoms with E-state index < -0.39 is 5.91 Å². The Bertz CT molecular complexity index is 1200. The van der Waals surface area contributed by atoms with Crippen molar-refractivity contribution in [3.8, 4) is 0 Å². The van der Waals surface area contributed by atoms with Crippen LogP contribution < -0.4 is 10.9 Å². The summed E-state index contributed by atoms with van der Waals surface area (Å²) in [5, 5.41) is 4.48. The number of aromatic amines is 1. The second kappa shape index (κ2) is 5.62. The normalized spacial score (nSPS) is 11.2. The Kier molecular flexibility index (Phi) is 3.56. The molecule has 4 aromatic rings. The number of halogens is 1. The number of rotatable bonds is 2. The number of thiazole rings is 1. The lowest BCUT2D eigenvalue weighted by Crippen LogP contribution is -2.14. The molecule has 120 valence electrons. The molecular formula is C15H8FN3O2S3. The van der Waals surface area contributed by atoms with E-state index in [0.29, 0.717) is 30.4 Å². The Balaban J connectivity index is 1.86. The number of benzene rings is 1. The molecule has 0 aliphatic carbocycles. The molecule has 0 bridgehead atoms. The van der Waals surface area contributed by atoms with Crippen LogP contribution in [0.25, 0.3) is 15.9 Å². The van der Waals surface area contributed by atoms with Crippen molar-refractivity contribution < 1.29 is 9.18 Å². The summed E-state index contributed by atoms with van der Waals surface area (Å²) in [4.78, 5) is 27.7. The van der Waals surface area contributed by atoms with E-state index in [1.165, 1.54) is 35.6 Å². The average Bonchev–Trinajstić information content (AvgIpc) is 3.15. The number of nitrogens with one attached hydrogen (secondary N) is 2. The predicted octanol–water partition coefficient (Wildman–Crippen LogP) is 4.02. The maximum absolute atomic E-state index is 13.0. The van der Waals surface area contributed by atoms with Gasteiger partial charge < -0.3 is 10.3 Å². The zero-order valence-electron chi connectivity index (χ0n) is 11.8. The van der Waals surface area contributed by atoms with Crippen molar-refractivity contribution in [3.63, 3.8) is 0 Å². The first kappa shape index (κ1) is 15.2. The zero-order chi connectivity index (χ0) is 16.8. The molecule has 1 aromatic carbocycles. The van der Waals surface area contributed by atoms with Gasteiger partial charge in [-0.1, -0.05) is 11.3 Å². The monoisotopic (exact) mass is 377 g/mol. The summed E-state index contributed by atoms with van der Waals surface area (Å²) in [6.07, 6.45) is 0. The summed E-state index contributed by atoms with van der Waals surface area (Å²) in [7, 11) is 0. The SMILES string of the molecule is O=C(Nc1ccc(F)cc1)c1sc(=S)n2c1[nH]c(=O)c1sccc12. The fraction of sp³-hybridized carbons (Fsp3) is 0. The van der Waals surface area contributed by atoms with Crippen molar-refractivity contribution >= 4 is 62.3 Å². The smallest absolute Gasteiger partial charge is 0.269 e. The Morgan fingerprint density at radius 1 is 1.25 bits per heavy atom. The molecular weight excluding hydrogens is 369 g/mol. The highest BCUT2D eigenvalue weighted by molar-refractivity contribution is 7.73. The van der Waals surface area contributed by atoms with Gasteiger partial charge in [-0.3, -0.25) is 14.0 Å². The van der Waals surface area contributed by atoms with Gasteiger partial charge in [0.15, 0.2) is 3.95 Å². The van der Waals surface area contributed by atoms with E-state index in [4.69, 9.17) is 12.2 Å². The van der Waals surface area contributed by atoms with Crippen LogP contribution in [0.5, 0.6) is 0 Å².